The van der Waals surface area contributed by atoms with Crippen LogP contribution in [0, 0.1) is 6.92 Å². The molecule has 0 heterocycles. The van der Waals surface area contributed by atoms with Crippen molar-refractivity contribution in [2.75, 3.05) is 7.05 Å². The highest BCUT2D eigenvalue weighted by molar-refractivity contribution is 6.31. The highest BCUT2D eigenvalue weighted by Gasteiger charge is 2.27. The molecule has 116 valence electrons. The van der Waals surface area contributed by atoms with Crippen molar-refractivity contribution < 1.29 is 0 Å². The van der Waals surface area contributed by atoms with E-state index in [-0.39, 0.29) is 0 Å². The van der Waals surface area contributed by atoms with Gasteiger partial charge in [0.05, 0.1) is 0 Å². The van der Waals surface area contributed by atoms with Crippen LogP contribution in [0.25, 0.3) is 0 Å². The number of halogens is 1. The quantitative estimate of drug-likeness (QED) is 0.886. The van der Waals surface area contributed by atoms with Crippen molar-refractivity contribution in [2.24, 2.45) is 5.73 Å². The van der Waals surface area contributed by atoms with Crippen molar-refractivity contribution in [3.8, 4) is 0 Å². The molecule has 0 amide bonds. The molecule has 0 bridgehead atoms. The molecule has 2 aromatic rings. The maximum absolute atomic E-state index is 6.33. The summed E-state index contributed by atoms with van der Waals surface area (Å²) in [7, 11) is 2.03. The van der Waals surface area contributed by atoms with Crippen molar-refractivity contribution in [2.45, 2.75) is 38.3 Å². The molecule has 3 heteroatoms. The summed E-state index contributed by atoms with van der Waals surface area (Å²) in [4.78, 5) is 0. The summed E-state index contributed by atoms with van der Waals surface area (Å²) in [6, 6.07) is 13.5. The summed E-state index contributed by atoms with van der Waals surface area (Å²) >= 11 is 6.33. The zero-order valence-corrected chi connectivity index (χ0v) is 14.0. The minimum atomic E-state index is 0.415. The van der Waals surface area contributed by atoms with Gasteiger partial charge in [-0.2, -0.15) is 0 Å². The van der Waals surface area contributed by atoms with Crippen LogP contribution in [-0.2, 0) is 6.54 Å². The number of hydrogen-bond donors (Lipinski definition) is 2. The summed E-state index contributed by atoms with van der Waals surface area (Å²) in [5, 5.41) is 4.29. The Labute approximate surface area is 137 Å². The third-order valence-electron chi connectivity index (χ3n) is 4.83. The van der Waals surface area contributed by atoms with E-state index in [9.17, 15) is 0 Å². The molecule has 0 saturated carbocycles. The highest BCUT2D eigenvalue weighted by Crippen LogP contribution is 2.42. The standard InChI is InChI=1S/C19H23ClN2/c1-12-3-5-14(10-18(12)20)15-7-8-19(22-2)17-9-13(11-21)4-6-16(15)17/h3-6,9-10,15,19,22H,7-8,11,21H2,1-2H3/t15-,19-/m0/s1. The van der Waals surface area contributed by atoms with E-state index in [2.05, 4.69) is 41.7 Å². The summed E-state index contributed by atoms with van der Waals surface area (Å²) in [6.45, 7) is 2.64. The van der Waals surface area contributed by atoms with E-state index in [1.807, 2.05) is 14.0 Å². The second kappa shape index (κ2) is 6.41. The summed E-state index contributed by atoms with van der Waals surface area (Å²) in [6.07, 6.45) is 2.27. The number of nitrogens with one attached hydrogen (secondary N) is 1. The van der Waals surface area contributed by atoms with Crippen molar-refractivity contribution in [3.05, 3.63) is 69.2 Å². The Bertz CT molecular complexity index is 681. The molecule has 0 radical (unpaired) electrons. The van der Waals surface area contributed by atoms with Gasteiger partial charge in [0.2, 0.25) is 0 Å². The summed E-state index contributed by atoms with van der Waals surface area (Å²) in [5.41, 5.74) is 12.2. The van der Waals surface area contributed by atoms with Gasteiger partial charge in [-0.3, -0.25) is 0 Å². The predicted octanol–water partition coefficient (Wildman–Crippen LogP) is 4.29. The van der Waals surface area contributed by atoms with Crippen LogP contribution in [0.3, 0.4) is 0 Å². The van der Waals surface area contributed by atoms with E-state index in [0.717, 1.165) is 23.4 Å². The second-order valence-electron chi connectivity index (χ2n) is 6.15. The number of rotatable bonds is 3. The molecule has 0 fully saturated rings. The first-order chi connectivity index (χ1) is 10.6. The fraction of sp³-hybridized carbons (Fsp3) is 0.368. The molecule has 3 N–H and O–H groups in total. The predicted molar refractivity (Wildman–Crippen MR) is 93.4 cm³/mol. The first-order valence-corrected chi connectivity index (χ1v) is 8.28. The largest absolute Gasteiger partial charge is 0.326 e. The van der Waals surface area contributed by atoms with E-state index >= 15 is 0 Å². The number of fused-ring (bicyclic) bond motifs is 1. The van der Waals surface area contributed by atoms with Gasteiger partial charge in [0.25, 0.3) is 0 Å². The molecule has 3 rings (SSSR count). The van der Waals surface area contributed by atoms with Crippen LogP contribution < -0.4 is 11.1 Å². The van der Waals surface area contributed by atoms with E-state index in [1.165, 1.54) is 22.3 Å². The second-order valence-corrected chi connectivity index (χ2v) is 6.55. The monoisotopic (exact) mass is 314 g/mol. The van der Waals surface area contributed by atoms with Gasteiger partial charge in [-0.15, -0.1) is 0 Å². The Balaban J connectivity index is 2.06. The third kappa shape index (κ3) is 2.79. The van der Waals surface area contributed by atoms with E-state index in [0.29, 0.717) is 18.5 Å². The fourth-order valence-corrected chi connectivity index (χ4v) is 3.68. The molecule has 1 aliphatic rings. The van der Waals surface area contributed by atoms with Crippen LogP contribution in [0.1, 0.15) is 52.6 Å². The molecule has 0 spiro atoms. The topological polar surface area (TPSA) is 38.0 Å². The van der Waals surface area contributed by atoms with E-state index in [4.69, 9.17) is 17.3 Å². The van der Waals surface area contributed by atoms with Gasteiger partial charge in [0.15, 0.2) is 0 Å². The molecule has 2 aromatic carbocycles. The summed E-state index contributed by atoms with van der Waals surface area (Å²) < 4.78 is 0. The van der Waals surface area contributed by atoms with Crippen LogP contribution in [-0.4, -0.2) is 7.05 Å². The van der Waals surface area contributed by atoms with Gasteiger partial charge >= 0.3 is 0 Å². The fourth-order valence-electron chi connectivity index (χ4n) is 3.49. The average Bonchev–Trinajstić information content (AvgIpc) is 2.55. The number of aryl methyl sites for hydroxylation is 1. The Morgan fingerprint density at radius 3 is 2.64 bits per heavy atom. The van der Waals surface area contributed by atoms with Gasteiger partial charge in [-0.25, -0.2) is 0 Å². The van der Waals surface area contributed by atoms with Crippen molar-refractivity contribution in [1.29, 1.82) is 0 Å². The third-order valence-corrected chi connectivity index (χ3v) is 5.24. The normalized spacial score (nSPS) is 20.7. The lowest BCUT2D eigenvalue weighted by Gasteiger charge is -2.32. The van der Waals surface area contributed by atoms with Crippen LogP contribution >= 0.6 is 11.6 Å². The van der Waals surface area contributed by atoms with E-state index < -0.39 is 0 Å². The average molecular weight is 315 g/mol. The van der Waals surface area contributed by atoms with Gasteiger partial charge in [0.1, 0.15) is 0 Å². The van der Waals surface area contributed by atoms with Crippen molar-refractivity contribution in [1.82, 2.24) is 5.32 Å². The van der Waals surface area contributed by atoms with Crippen LogP contribution in [0.15, 0.2) is 36.4 Å². The maximum atomic E-state index is 6.33. The lowest BCUT2D eigenvalue weighted by Crippen LogP contribution is -2.24. The minimum absolute atomic E-state index is 0.415. The molecule has 2 atom stereocenters. The van der Waals surface area contributed by atoms with E-state index in [1.54, 1.807) is 0 Å². The zero-order chi connectivity index (χ0) is 15.7. The molecular formula is C19H23ClN2. The Morgan fingerprint density at radius 1 is 1.14 bits per heavy atom. The van der Waals surface area contributed by atoms with Crippen molar-refractivity contribution >= 4 is 11.6 Å². The first-order valence-electron chi connectivity index (χ1n) is 7.90. The number of nitrogens with two attached hydrogens (primary N) is 1. The number of hydrogen-bond acceptors (Lipinski definition) is 2. The highest BCUT2D eigenvalue weighted by atomic mass is 35.5. The van der Waals surface area contributed by atoms with Gasteiger partial charge in [0, 0.05) is 23.5 Å². The minimum Gasteiger partial charge on any atom is -0.326 e. The molecule has 0 aromatic heterocycles. The summed E-state index contributed by atoms with van der Waals surface area (Å²) in [5.74, 6) is 0.421. The SMILES string of the molecule is CN[C@H]1CC[C@@H](c2ccc(C)c(Cl)c2)c2ccc(CN)cc21. The molecule has 0 aliphatic heterocycles. The van der Waals surface area contributed by atoms with Crippen LogP contribution in [0.5, 0.6) is 0 Å². The molecular weight excluding hydrogens is 292 g/mol. The van der Waals surface area contributed by atoms with Gasteiger partial charge < -0.3 is 11.1 Å². The molecule has 22 heavy (non-hydrogen) atoms. The Morgan fingerprint density at radius 2 is 1.95 bits per heavy atom. The molecule has 1 aliphatic carbocycles. The zero-order valence-electron chi connectivity index (χ0n) is 13.2. The first kappa shape index (κ1) is 15.5. The van der Waals surface area contributed by atoms with Gasteiger partial charge in [-0.1, -0.05) is 41.9 Å². The molecule has 0 unspecified atom stereocenters. The van der Waals surface area contributed by atoms with Crippen molar-refractivity contribution in [3.63, 3.8) is 0 Å². The molecule has 2 nitrogen and oxygen atoms in total. The lowest BCUT2D eigenvalue weighted by atomic mass is 9.76. The lowest BCUT2D eigenvalue weighted by molar-refractivity contribution is 0.470. The van der Waals surface area contributed by atoms with Crippen LogP contribution in [0.4, 0.5) is 0 Å². The smallest absolute Gasteiger partial charge is 0.0438 e. The Kier molecular flexibility index (Phi) is 4.53. The maximum Gasteiger partial charge on any atom is 0.0438 e. The van der Waals surface area contributed by atoms with Crippen LogP contribution in [0.2, 0.25) is 5.02 Å². The number of benzene rings is 2. The van der Waals surface area contributed by atoms with Gasteiger partial charge in [-0.05, 0) is 60.7 Å². The molecule has 0 saturated heterocycles. The Hall–Kier alpha value is -1.35.